The largest absolute Gasteiger partial charge is 0.367 e. The second kappa shape index (κ2) is 5.79. The van der Waals surface area contributed by atoms with Crippen molar-refractivity contribution in [1.82, 2.24) is 14.6 Å². The summed E-state index contributed by atoms with van der Waals surface area (Å²) in [7, 11) is -0.746. The Morgan fingerprint density at radius 3 is 3.11 bits per heavy atom. The lowest BCUT2D eigenvalue weighted by Gasteiger charge is -2.13. The minimum Gasteiger partial charge on any atom is -0.367 e. The first-order valence-corrected chi connectivity index (χ1v) is 8.14. The van der Waals surface area contributed by atoms with Crippen LogP contribution in [0.3, 0.4) is 0 Å². The molecular weight excluding hydrogens is 316 g/mol. The van der Waals surface area contributed by atoms with Gasteiger partial charge in [-0.15, -0.1) is 0 Å². The molecule has 7 heteroatoms. The number of aromatic nitrogens is 3. The lowest BCUT2D eigenvalue weighted by atomic mass is 10.2. The molecule has 1 N–H and O–H groups in total. The van der Waals surface area contributed by atoms with E-state index in [1.165, 1.54) is 0 Å². The van der Waals surface area contributed by atoms with Gasteiger partial charge in [0, 0.05) is 35.0 Å². The van der Waals surface area contributed by atoms with Crippen LogP contribution in [-0.4, -0.2) is 36.9 Å². The van der Waals surface area contributed by atoms with Gasteiger partial charge in [-0.1, -0.05) is 0 Å². The third-order valence-electron chi connectivity index (χ3n) is 2.56. The van der Waals surface area contributed by atoms with Gasteiger partial charge in [0.1, 0.15) is 5.82 Å². The molecule has 2 rings (SSSR count). The number of nitrogens with zero attached hydrogens (tertiary/aromatic N) is 3. The number of nitrogens with one attached hydrogen (secondary N) is 1. The van der Waals surface area contributed by atoms with E-state index < -0.39 is 10.8 Å². The molecule has 2 heterocycles. The molecule has 2 aromatic heterocycles. The topological polar surface area (TPSA) is 59.3 Å². The third-order valence-corrected chi connectivity index (χ3v) is 3.93. The molecule has 5 nitrogen and oxygen atoms in total. The zero-order valence-corrected chi connectivity index (χ0v) is 12.7. The van der Waals surface area contributed by atoms with Crippen molar-refractivity contribution >= 4 is 38.2 Å². The molecule has 0 aromatic carbocycles. The van der Waals surface area contributed by atoms with Crippen molar-refractivity contribution in [1.29, 1.82) is 0 Å². The quantitative estimate of drug-likeness (QED) is 0.911. The van der Waals surface area contributed by atoms with Gasteiger partial charge < -0.3 is 5.32 Å². The number of halogens is 1. The van der Waals surface area contributed by atoms with Gasteiger partial charge in [-0.25, -0.2) is 9.50 Å². The van der Waals surface area contributed by atoms with Gasteiger partial charge >= 0.3 is 0 Å². The minimum absolute atomic E-state index is 0.241. The normalized spacial score (nSPS) is 14.6. The summed E-state index contributed by atoms with van der Waals surface area (Å²) >= 11 is 3.40. The van der Waals surface area contributed by atoms with Crippen LogP contribution in [0.5, 0.6) is 0 Å². The lowest BCUT2D eigenvalue weighted by Crippen LogP contribution is -2.18. The fraction of sp³-hybridized carbons (Fsp3) is 0.455. The van der Waals surface area contributed by atoms with Gasteiger partial charge in [-0.05, 0) is 35.3 Å². The molecule has 2 atom stereocenters. The van der Waals surface area contributed by atoms with Crippen LogP contribution in [0.15, 0.2) is 22.9 Å². The average Bonchev–Trinajstić information content (AvgIpc) is 2.69. The molecule has 0 radical (unpaired) electrons. The van der Waals surface area contributed by atoms with Crippen molar-refractivity contribution in [3.05, 3.63) is 22.9 Å². The molecular formula is C11H15BrN4OS. The highest BCUT2D eigenvalue weighted by Gasteiger charge is 2.07. The zero-order chi connectivity index (χ0) is 13.1. The minimum atomic E-state index is -0.746. The molecule has 0 saturated heterocycles. The van der Waals surface area contributed by atoms with Gasteiger partial charge in [0.25, 0.3) is 0 Å². The summed E-state index contributed by atoms with van der Waals surface area (Å²) in [5.41, 5.74) is 0.784. The van der Waals surface area contributed by atoms with Crippen molar-refractivity contribution in [3.63, 3.8) is 0 Å². The maximum absolute atomic E-state index is 11.0. The molecule has 18 heavy (non-hydrogen) atoms. The fourth-order valence-electron chi connectivity index (χ4n) is 1.59. The molecule has 0 spiro atoms. The van der Waals surface area contributed by atoms with Gasteiger partial charge in [0.15, 0.2) is 5.65 Å². The molecule has 0 bridgehead atoms. The number of anilines is 1. The van der Waals surface area contributed by atoms with Gasteiger partial charge in [0.05, 0.1) is 10.7 Å². The zero-order valence-electron chi connectivity index (χ0n) is 10.3. The molecule has 0 aliphatic rings. The van der Waals surface area contributed by atoms with Crippen LogP contribution in [0.25, 0.3) is 5.65 Å². The molecule has 0 aliphatic carbocycles. The van der Waals surface area contributed by atoms with Crippen LogP contribution < -0.4 is 5.32 Å². The summed E-state index contributed by atoms with van der Waals surface area (Å²) < 4.78 is 13.6. The average molecular weight is 331 g/mol. The van der Waals surface area contributed by atoms with Crippen molar-refractivity contribution in [2.45, 2.75) is 19.4 Å². The van der Waals surface area contributed by atoms with Gasteiger partial charge in [0.2, 0.25) is 0 Å². The Morgan fingerprint density at radius 2 is 2.39 bits per heavy atom. The lowest BCUT2D eigenvalue weighted by molar-refractivity contribution is 0.678. The SMILES string of the molecule is CC(CCS(C)=O)Nc1ccn2ncc(Br)c2n1. The maximum Gasteiger partial charge on any atom is 0.171 e. The summed E-state index contributed by atoms with van der Waals surface area (Å²) in [6, 6.07) is 2.12. The van der Waals surface area contributed by atoms with E-state index in [0.29, 0.717) is 5.75 Å². The molecule has 0 aliphatic heterocycles. The third kappa shape index (κ3) is 3.29. The van der Waals surface area contributed by atoms with Crippen molar-refractivity contribution in [3.8, 4) is 0 Å². The van der Waals surface area contributed by atoms with Crippen LogP contribution in [-0.2, 0) is 10.8 Å². The van der Waals surface area contributed by atoms with Crippen LogP contribution in [0, 0.1) is 0 Å². The van der Waals surface area contributed by atoms with Crippen molar-refractivity contribution in [2.24, 2.45) is 0 Å². The highest BCUT2D eigenvalue weighted by atomic mass is 79.9. The summed E-state index contributed by atoms with van der Waals surface area (Å²) in [5, 5.41) is 7.44. The van der Waals surface area contributed by atoms with Gasteiger partial charge in [-0.3, -0.25) is 4.21 Å². The van der Waals surface area contributed by atoms with Crippen molar-refractivity contribution < 1.29 is 4.21 Å². The highest BCUT2D eigenvalue weighted by Crippen LogP contribution is 2.17. The van der Waals surface area contributed by atoms with E-state index in [4.69, 9.17) is 0 Å². The van der Waals surface area contributed by atoms with E-state index in [1.807, 2.05) is 12.3 Å². The Balaban J connectivity index is 2.06. The van der Waals surface area contributed by atoms with Crippen LogP contribution in [0.2, 0.25) is 0 Å². The standard InChI is InChI=1S/C11H15BrN4OS/c1-8(4-6-18(2)17)14-10-3-5-16-11(15-10)9(12)7-13-16/h3,5,7-8H,4,6H2,1-2H3,(H,14,15). The number of hydrogen-bond donors (Lipinski definition) is 1. The van der Waals surface area contributed by atoms with E-state index in [0.717, 1.165) is 22.4 Å². The molecule has 0 fully saturated rings. The van der Waals surface area contributed by atoms with Crippen LogP contribution >= 0.6 is 15.9 Å². The summed E-state index contributed by atoms with van der Waals surface area (Å²) in [6.07, 6.45) is 6.16. The van der Waals surface area contributed by atoms with E-state index >= 15 is 0 Å². The summed E-state index contributed by atoms with van der Waals surface area (Å²) in [5.74, 6) is 1.50. The Morgan fingerprint density at radius 1 is 1.61 bits per heavy atom. The Hall–Kier alpha value is -0.950. The number of rotatable bonds is 5. The fourth-order valence-corrected chi connectivity index (χ4v) is 2.64. The molecule has 0 saturated carbocycles. The Kier molecular flexibility index (Phi) is 4.34. The van der Waals surface area contributed by atoms with Crippen LogP contribution in [0.4, 0.5) is 5.82 Å². The Labute approximate surface area is 117 Å². The van der Waals surface area contributed by atoms with Crippen molar-refractivity contribution in [2.75, 3.05) is 17.3 Å². The highest BCUT2D eigenvalue weighted by molar-refractivity contribution is 9.10. The predicted molar refractivity (Wildman–Crippen MR) is 77.3 cm³/mol. The summed E-state index contributed by atoms with van der Waals surface area (Å²) in [4.78, 5) is 4.47. The molecule has 2 unspecified atom stereocenters. The van der Waals surface area contributed by atoms with Crippen LogP contribution in [0.1, 0.15) is 13.3 Å². The van der Waals surface area contributed by atoms with Gasteiger partial charge in [-0.2, -0.15) is 5.10 Å². The molecule has 0 amide bonds. The first-order chi connectivity index (χ1) is 8.56. The molecule has 98 valence electrons. The molecule has 2 aromatic rings. The number of hydrogen-bond acceptors (Lipinski definition) is 4. The Bertz CT molecular complexity index is 571. The smallest absolute Gasteiger partial charge is 0.171 e. The van der Waals surface area contributed by atoms with E-state index in [1.54, 1.807) is 17.0 Å². The predicted octanol–water partition coefficient (Wildman–Crippen LogP) is 2.06. The maximum atomic E-state index is 11.0. The monoisotopic (exact) mass is 330 g/mol. The van der Waals surface area contributed by atoms with E-state index in [9.17, 15) is 4.21 Å². The number of fused-ring (bicyclic) bond motifs is 1. The first kappa shape index (κ1) is 13.5. The first-order valence-electron chi connectivity index (χ1n) is 5.62. The van der Waals surface area contributed by atoms with E-state index in [-0.39, 0.29) is 6.04 Å². The second-order valence-electron chi connectivity index (χ2n) is 4.18. The van der Waals surface area contributed by atoms with E-state index in [2.05, 4.69) is 38.3 Å². The second-order valence-corrected chi connectivity index (χ2v) is 6.59. The summed E-state index contributed by atoms with van der Waals surface area (Å²) in [6.45, 7) is 2.06.